The maximum atomic E-state index is 13.0. The van der Waals surface area contributed by atoms with E-state index in [4.69, 9.17) is 0 Å². The Labute approximate surface area is 128 Å². The number of benzene rings is 1. The molecule has 1 saturated heterocycles. The molecule has 4 atom stereocenters. The van der Waals surface area contributed by atoms with E-state index < -0.39 is 0 Å². The maximum Gasteiger partial charge on any atom is 0.123 e. The molecule has 21 heavy (non-hydrogen) atoms. The van der Waals surface area contributed by atoms with Crippen LogP contribution in [0.15, 0.2) is 24.3 Å². The van der Waals surface area contributed by atoms with E-state index in [1.165, 1.54) is 12.0 Å². The van der Waals surface area contributed by atoms with Gasteiger partial charge in [0, 0.05) is 31.2 Å². The van der Waals surface area contributed by atoms with E-state index >= 15 is 0 Å². The van der Waals surface area contributed by atoms with Crippen LogP contribution in [0.4, 0.5) is 4.39 Å². The van der Waals surface area contributed by atoms with Crippen LogP contribution in [0.25, 0.3) is 0 Å². The highest BCUT2D eigenvalue weighted by Crippen LogP contribution is 2.19. The van der Waals surface area contributed by atoms with Crippen LogP contribution in [0, 0.1) is 11.7 Å². The summed E-state index contributed by atoms with van der Waals surface area (Å²) in [5.41, 5.74) is 1.22. The first-order chi connectivity index (χ1) is 10.0. The quantitative estimate of drug-likeness (QED) is 0.894. The minimum absolute atomic E-state index is 0.154. The summed E-state index contributed by atoms with van der Waals surface area (Å²) < 4.78 is 13.0. The SMILES string of the molecule is CCC(C)C1CN(C(C)Cc2ccc(F)cc2)C(C)CN1. The Kier molecular flexibility index (Phi) is 5.77. The third-order valence-corrected chi connectivity index (χ3v) is 4.99. The summed E-state index contributed by atoms with van der Waals surface area (Å²) in [6.45, 7) is 11.3. The molecule has 0 spiro atoms. The van der Waals surface area contributed by atoms with Crippen molar-refractivity contribution in [3.05, 3.63) is 35.6 Å². The summed E-state index contributed by atoms with van der Waals surface area (Å²) in [5.74, 6) is 0.553. The van der Waals surface area contributed by atoms with Gasteiger partial charge in [0.1, 0.15) is 5.82 Å². The van der Waals surface area contributed by atoms with Crippen molar-refractivity contribution in [1.82, 2.24) is 10.2 Å². The van der Waals surface area contributed by atoms with E-state index in [0.717, 1.165) is 19.5 Å². The third kappa shape index (κ3) is 4.27. The minimum atomic E-state index is -0.154. The summed E-state index contributed by atoms with van der Waals surface area (Å²) in [6, 6.07) is 8.56. The molecule has 0 aliphatic carbocycles. The van der Waals surface area contributed by atoms with Crippen LogP contribution in [0.5, 0.6) is 0 Å². The van der Waals surface area contributed by atoms with Gasteiger partial charge in [0.15, 0.2) is 0 Å². The zero-order valence-corrected chi connectivity index (χ0v) is 13.8. The normalized spacial score (nSPS) is 26.5. The van der Waals surface area contributed by atoms with E-state index in [1.807, 2.05) is 12.1 Å². The molecule has 1 heterocycles. The van der Waals surface area contributed by atoms with Crippen LogP contribution in [0.1, 0.15) is 39.7 Å². The van der Waals surface area contributed by atoms with Gasteiger partial charge in [-0.3, -0.25) is 4.90 Å². The molecule has 1 N–H and O–H groups in total. The number of piperazine rings is 1. The fourth-order valence-electron chi connectivity index (χ4n) is 3.27. The summed E-state index contributed by atoms with van der Waals surface area (Å²) in [4.78, 5) is 2.61. The second-order valence-corrected chi connectivity index (χ2v) is 6.63. The molecular weight excluding hydrogens is 263 g/mol. The first kappa shape index (κ1) is 16.4. The van der Waals surface area contributed by atoms with Gasteiger partial charge in [-0.25, -0.2) is 4.39 Å². The lowest BCUT2D eigenvalue weighted by atomic mass is 9.94. The standard InChI is InChI=1S/C18H29FN2/c1-5-13(2)18-12-21(15(4)11-20-18)14(3)10-16-6-8-17(19)9-7-16/h6-9,13-15,18,20H,5,10-12H2,1-4H3. The zero-order valence-electron chi connectivity index (χ0n) is 13.8. The van der Waals surface area contributed by atoms with Crippen LogP contribution in [-0.4, -0.2) is 36.1 Å². The highest BCUT2D eigenvalue weighted by molar-refractivity contribution is 5.17. The smallest absolute Gasteiger partial charge is 0.123 e. The largest absolute Gasteiger partial charge is 0.311 e. The van der Waals surface area contributed by atoms with Gasteiger partial charge in [-0.2, -0.15) is 0 Å². The highest BCUT2D eigenvalue weighted by Gasteiger charge is 2.30. The van der Waals surface area contributed by atoms with Gasteiger partial charge in [0.05, 0.1) is 0 Å². The molecule has 3 heteroatoms. The lowest BCUT2D eigenvalue weighted by Gasteiger charge is -2.44. The number of nitrogens with zero attached hydrogens (tertiary/aromatic N) is 1. The molecule has 118 valence electrons. The predicted molar refractivity (Wildman–Crippen MR) is 87.0 cm³/mol. The summed E-state index contributed by atoms with van der Waals surface area (Å²) >= 11 is 0. The van der Waals surface area contributed by atoms with Gasteiger partial charge in [-0.1, -0.05) is 32.4 Å². The highest BCUT2D eigenvalue weighted by atomic mass is 19.1. The molecule has 2 nitrogen and oxygen atoms in total. The molecule has 0 saturated carbocycles. The molecule has 1 fully saturated rings. The summed E-state index contributed by atoms with van der Waals surface area (Å²) in [5, 5.41) is 3.68. The van der Waals surface area contributed by atoms with Gasteiger partial charge in [-0.15, -0.1) is 0 Å². The molecule has 0 radical (unpaired) electrons. The minimum Gasteiger partial charge on any atom is -0.311 e. The van der Waals surface area contributed by atoms with Gasteiger partial charge in [0.25, 0.3) is 0 Å². The molecular formula is C18H29FN2. The van der Waals surface area contributed by atoms with Crippen molar-refractivity contribution in [2.75, 3.05) is 13.1 Å². The van der Waals surface area contributed by atoms with Crippen molar-refractivity contribution >= 4 is 0 Å². The number of nitrogens with one attached hydrogen (secondary N) is 1. The van der Waals surface area contributed by atoms with Crippen molar-refractivity contribution in [3.63, 3.8) is 0 Å². The van der Waals surface area contributed by atoms with E-state index in [1.54, 1.807) is 12.1 Å². The van der Waals surface area contributed by atoms with Crippen LogP contribution in [-0.2, 0) is 6.42 Å². The van der Waals surface area contributed by atoms with Crippen molar-refractivity contribution in [3.8, 4) is 0 Å². The van der Waals surface area contributed by atoms with Gasteiger partial charge < -0.3 is 5.32 Å². The maximum absolute atomic E-state index is 13.0. The Balaban J connectivity index is 1.98. The van der Waals surface area contributed by atoms with E-state index in [0.29, 0.717) is 24.0 Å². The topological polar surface area (TPSA) is 15.3 Å². The van der Waals surface area contributed by atoms with Gasteiger partial charge in [-0.05, 0) is 43.9 Å². The van der Waals surface area contributed by atoms with E-state index in [-0.39, 0.29) is 5.82 Å². The molecule has 1 aliphatic heterocycles. The third-order valence-electron chi connectivity index (χ3n) is 4.99. The monoisotopic (exact) mass is 292 g/mol. The van der Waals surface area contributed by atoms with Crippen LogP contribution in [0.2, 0.25) is 0 Å². The van der Waals surface area contributed by atoms with E-state index in [9.17, 15) is 4.39 Å². The summed E-state index contributed by atoms with van der Waals surface area (Å²) in [7, 11) is 0. The van der Waals surface area contributed by atoms with Crippen molar-refractivity contribution in [2.45, 2.75) is 58.7 Å². The Bertz CT molecular complexity index is 431. The van der Waals surface area contributed by atoms with E-state index in [2.05, 4.69) is 37.9 Å². The molecule has 1 aromatic rings. The Morgan fingerprint density at radius 1 is 1.29 bits per heavy atom. The number of rotatable bonds is 5. The van der Waals surface area contributed by atoms with Crippen molar-refractivity contribution in [1.29, 1.82) is 0 Å². The molecule has 0 amide bonds. The van der Waals surface area contributed by atoms with Gasteiger partial charge >= 0.3 is 0 Å². The Hall–Kier alpha value is -0.930. The number of hydrogen-bond acceptors (Lipinski definition) is 2. The average molecular weight is 292 g/mol. The van der Waals surface area contributed by atoms with Crippen molar-refractivity contribution < 1.29 is 4.39 Å². The lowest BCUT2D eigenvalue weighted by Crippen LogP contribution is -2.59. The molecule has 4 unspecified atom stereocenters. The number of halogens is 1. The fourth-order valence-corrected chi connectivity index (χ4v) is 3.27. The molecule has 1 aliphatic rings. The number of hydrogen-bond donors (Lipinski definition) is 1. The first-order valence-electron chi connectivity index (χ1n) is 8.24. The fraction of sp³-hybridized carbons (Fsp3) is 0.667. The molecule has 0 bridgehead atoms. The summed E-state index contributed by atoms with van der Waals surface area (Å²) in [6.07, 6.45) is 2.20. The van der Waals surface area contributed by atoms with Crippen molar-refractivity contribution in [2.24, 2.45) is 5.92 Å². The van der Waals surface area contributed by atoms with Crippen LogP contribution >= 0.6 is 0 Å². The second kappa shape index (κ2) is 7.37. The Morgan fingerprint density at radius 3 is 2.57 bits per heavy atom. The molecule has 0 aromatic heterocycles. The molecule has 1 aromatic carbocycles. The first-order valence-corrected chi connectivity index (χ1v) is 8.24. The predicted octanol–water partition coefficient (Wildman–Crippen LogP) is 3.47. The molecule has 2 rings (SSSR count). The second-order valence-electron chi connectivity index (χ2n) is 6.63. The lowest BCUT2D eigenvalue weighted by molar-refractivity contribution is 0.0820. The zero-order chi connectivity index (χ0) is 15.4. The van der Waals surface area contributed by atoms with Gasteiger partial charge in [0.2, 0.25) is 0 Å². The Morgan fingerprint density at radius 2 is 1.95 bits per heavy atom. The average Bonchev–Trinajstić information content (AvgIpc) is 2.49. The van der Waals surface area contributed by atoms with Crippen LogP contribution in [0.3, 0.4) is 0 Å². The van der Waals surface area contributed by atoms with Crippen LogP contribution < -0.4 is 5.32 Å².